The maximum Gasteiger partial charge on any atom is 0.232 e. The second-order valence-electron chi connectivity index (χ2n) is 15.8. The first-order valence-corrected chi connectivity index (χ1v) is 16.1. The van der Waals surface area contributed by atoms with Crippen molar-refractivity contribution >= 4 is 11.7 Å². The van der Waals surface area contributed by atoms with Crippen LogP contribution in [0.4, 0.5) is 10.2 Å². The van der Waals surface area contributed by atoms with Crippen molar-refractivity contribution in [2.24, 2.45) is 10.8 Å². The van der Waals surface area contributed by atoms with Crippen molar-refractivity contribution in [1.82, 2.24) is 25.1 Å². The quantitative estimate of drug-likeness (QED) is 0.281. The molecule has 9 heteroatoms. The summed E-state index contributed by atoms with van der Waals surface area (Å²) in [5, 5.41) is 4.46. The van der Waals surface area contributed by atoms with Gasteiger partial charge in [-0.25, -0.2) is 19.3 Å². The monoisotopic (exact) mass is 584 g/mol. The molecule has 10 rings (SSSR count). The van der Waals surface area contributed by atoms with E-state index in [4.69, 9.17) is 14.5 Å². The van der Waals surface area contributed by atoms with Gasteiger partial charge in [0.2, 0.25) is 11.8 Å². The Balaban J connectivity index is 1.05. The van der Waals surface area contributed by atoms with Crippen LogP contribution in [-0.4, -0.2) is 43.2 Å². The second-order valence-corrected chi connectivity index (χ2v) is 15.8. The molecule has 0 atom stereocenters. The number of hydrogen-bond donors (Lipinski definition) is 0. The zero-order valence-corrected chi connectivity index (χ0v) is 25.5. The Morgan fingerprint density at radius 1 is 0.977 bits per heavy atom. The zero-order chi connectivity index (χ0) is 29.7. The molecule has 3 heterocycles. The van der Waals surface area contributed by atoms with E-state index in [1.54, 1.807) is 6.20 Å². The van der Waals surface area contributed by atoms with Crippen molar-refractivity contribution in [2.75, 3.05) is 11.4 Å². The van der Waals surface area contributed by atoms with Crippen molar-refractivity contribution in [3.8, 4) is 11.1 Å². The van der Waals surface area contributed by atoms with Crippen molar-refractivity contribution < 1.29 is 13.7 Å². The second kappa shape index (κ2) is 9.14. The fourth-order valence-electron chi connectivity index (χ4n) is 8.46. The van der Waals surface area contributed by atoms with Crippen LogP contribution in [0.15, 0.2) is 35.2 Å². The summed E-state index contributed by atoms with van der Waals surface area (Å²) in [7, 11) is 0. The fraction of sp³-hybridized carbons (Fsp3) is 0.647. The maximum atomic E-state index is 14.4. The SMILES string of the molecule is CC(C)(C)c1nc(C23CCC(CN(C(=O)CC45CC(F)(C4)C5)c4cc(-c5cnc(C6CC6)nc5)ccn4)(CC2)CC3)no1. The first kappa shape index (κ1) is 27.3. The van der Waals surface area contributed by atoms with E-state index in [2.05, 4.69) is 35.9 Å². The molecular weight excluding hydrogens is 543 g/mol. The topological polar surface area (TPSA) is 97.9 Å². The summed E-state index contributed by atoms with van der Waals surface area (Å²) in [5.74, 6) is 3.70. The van der Waals surface area contributed by atoms with Gasteiger partial charge >= 0.3 is 0 Å². The van der Waals surface area contributed by atoms with Crippen LogP contribution in [0.5, 0.6) is 0 Å². The molecular formula is C34H41FN6O2. The smallest absolute Gasteiger partial charge is 0.232 e. The summed E-state index contributed by atoms with van der Waals surface area (Å²) in [5.41, 5.74) is 0.485. The van der Waals surface area contributed by atoms with Crippen LogP contribution in [-0.2, 0) is 15.6 Å². The van der Waals surface area contributed by atoms with Gasteiger partial charge in [0, 0.05) is 53.9 Å². The molecule has 0 saturated heterocycles. The van der Waals surface area contributed by atoms with Crippen LogP contribution in [0.3, 0.4) is 0 Å². The van der Waals surface area contributed by atoms with E-state index in [1.807, 2.05) is 29.4 Å². The highest BCUT2D eigenvalue weighted by molar-refractivity contribution is 5.94. The van der Waals surface area contributed by atoms with Crippen LogP contribution >= 0.6 is 0 Å². The number of carbonyl (C=O) groups is 1. The van der Waals surface area contributed by atoms with Gasteiger partial charge < -0.3 is 4.52 Å². The third kappa shape index (κ3) is 4.69. The van der Waals surface area contributed by atoms with E-state index < -0.39 is 5.67 Å². The van der Waals surface area contributed by atoms with Gasteiger partial charge in [0.05, 0.1) is 0 Å². The van der Waals surface area contributed by atoms with Gasteiger partial charge in [-0.2, -0.15) is 4.98 Å². The molecule has 0 unspecified atom stereocenters. The van der Waals surface area contributed by atoms with Crippen LogP contribution in [0.1, 0.15) is 121 Å². The summed E-state index contributed by atoms with van der Waals surface area (Å²) in [6.45, 7) is 6.92. The Morgan fingerprint density at radius 2 is 1.65 bits per heavy atom. The summed E-state index contributed by atoms with van der Waals surface area (Å²) in [6, 6.07) is 3.96. The average molecular weight is 585 g/mol. The van der Waals surface area contributed by atoms with Crippen LogP contribution in [0, 0.1) is 10.8 Å². The largest absolute Gasteiger partial charge is 0.339 e. The molecule has 7 saturated carbocycles. The lowest BCUT2D eigenvalue weighted by Gasteiger charge is -2.66. The molecule has 7 aliphatic rings. The van der Waals surface area contributed by atoms with Gasteiger partial charge in [0.25, 0.3) is 0 Å². The summed E-state index contributed by atoms with van der Waals surface area (Å²) in [4.78, 5) is 34.8. The number of amides is 1. The molecule has 43 heavy (non-hydrogen) atoms. The molecule has 1 amide bonds. The lowest BCUT2D eigenvalue weighted by molar-refractivity contribution is -0.215. The Morgan fingerprint density at radius 3 is 2.23 bits per heavy atom. The minimum Gasteiger partial charge on any atom is -0.339 e. The molecule has 4 bridgehead atoms. The molecule has 0 aromatic carbocycles. The number of nitrogens with zero attached hydrogens (tertiary/aromatic N) is 6. The highest BCUT2D eigenvalue weighted by atomic mass is 19.1. The van der Waals surface area contributed by atoms with Crippen LogP contribution in [0.25, 0.3) is 11.1 Å². The Kier molecular flexibility index (Phi) is 5.81. The van der Waals surface area contributed by atoms with Gasteiger partial charge in [0.1, 0.15) is 17.3 Å². The minimum atomic E-state index is -1.02. The average Bonchev–Trinajstić information content (AvgIpc) is 3.69. The Hall–Kier alpha value is -3.23. The van der Waals surface area contributed by atoms with E-state index in [-0.39, 0.29) is 27.6 Å². The number of aromatic nitrogens is 5. The summed E-state index contributed by atoms with van der Waals surface area (Å²) >= 11 is 0. The number of carbonyl (C=O) groups excluding carboxylic acids is 1. The third-order valence-corrected chi connectivity index (χ3v) is 11.3. The lowest BCUT2D eigenvalue weighted by atomic mass is 9.41. The maximum absolute atomic E-state index is 14.4. The Labute approximate surface area is 252 Å². The van der Waals surface area contributed by atoms with Crippen molar-refractivity contribution in [3.05, 3.63) is 48.3 Å². The van der Waals surface area contributed by atoms with Gasteiger partial charge in [-0.1, -0.05) is 25.9 Å². The van der Waals surface area contributed by atoms with Gasteiger partial charge in [-0.15, -0.1) is 0 Å². The van der Waals surface area contributed by atoms with Crippen molar-refractivity contribution in [2.45, 2.75) is 120 Å². The zero-order valence-electron chi connectivity index (χ0n) is 25.5. The third-order valence-electron chi connectivity index (χ3n) is 11.3. The van der Waals surface area contributed by atoms with Gasteiger partial charge in [0.15, 0.2) is 5.82 Å². The highest BCUT2D eigenvalue weighted by Crippen LogP contribution is 2.71. The number of pyridine rings is 1. The number of anilines is 1. The number of halogens is 1. The Bertz CT molecular complexity index is 1530. The first-order chi connectivity index (χ1) is 20.5. The van der Waals surface area contributed by atoms with E-state index in [0.29, 0.717) is 49.9 Å². The van der Waals surface area contributed by atoms with E-state index >= 15 is 0 Å². The molecule has 7 aliphatic carbocycles. The molecule has 0 N–H and O–H groups in total. The lowest BCUT2D eigenvalue weighted by Crippen LogP contribution is -2.65. The predicted molar refractivity (Wildman–Crippen MR) is 159 cm³/mol. The molecule has 3 aromatic heterocycles. The number of rotatable bonds is 8. The van der Waals surface area contributed by atoms with Gasteiger partial charge in [-0.05, 0) is 99.2 Å². The number of fused-ring (bicyclic) bond motifs is 3. The highest BCUT2D eigenvalue weighted by Gasteiger charge is 2.69. The molecule has 0 spiro atoms. The molecule has 3 aromatic rings. The van der Waals surface area contributed by atoms with Crippen molar-refractivity contribution in [1.29, 1.82) is 0 Å². The fourth-order valence-corrected chi connectivity index (χ4v) is 8.46. The summed E-state index contributed by atoms with van der Waals surface area (Å²) < 4.78 is 20.1. The molecule has 0 radical (unpaired) electrons. The van der Waals surface area contributed by atoms with Crippen LogP contribution < -0.4 is 4.90 Å². The standard InChI is InChI=1S/C34H41FN6O2/c1-30(2,3)29-39-28(40-43-29)33-10-7-31(8-11-33,9-12-33)21-41(26(42)15-32-18-34(35,19-32)20-32)25-14-23(6-13-36-25)24-16-37-27(38-17-24)22-4-5-22/h6,13-14,16-17,22H,4-5,7-12,15,18-21H2,1-3H3. The first-order valence-electron chi connectivity index (χ1n) is 16.1. The van der Waals surface area contributed by atoms with Gasteiger partial charge in [-0.3, -0.25) is 9.69 Å². The predicted octanol–water partition coefficient (Wildman–Crippen LogP) is 7.00. The molecule has 0 aliphatic heterocycles. The molecule has 8 nitrogen and oxygen atoms in total. The minimum absolute atomic E-state index is 0.0153. The molecule has 7 fully saturated rings. The van der Waals surface area contributed by atoms with E-state index in [9.17, 15) is 9.18 Å². The number of alkyl halides is 1. The molecule has 226 valence electrons. The van der Waals surface area contributed by atoms with E-state index in [0.717, 1.165) is 74.1 Å². The normalized spacial score (nSPS) is 32.7. The summed E-state index contributed by atoms with van der Waals surface area (Å²) in [6.07, 6.45) is 15.8. The van der Waals surface area contributed by atoms with Crippen molar-refractivity contribution in [3.63, 3.8) is 0 Å². The van der Waals surface area contributed by atoms with Crippen LogP contribution in [0.2, 0.25) is 0 Å². The van der Waals surface area contributed by atoms with E-state index in [1.165, 1.54) is 0 Å². The number of hydrogen-bond acceptors (Lipinski definition) is 7.